The van der Waals surface area contributed by atoms with Crippen LogP contribution in [0.1, 0.15) is 6.42 Å². The molecule has 0 amide bonds. The van der Waals surface area contributed by atoms with Gasteiger partial charge in [-0.05, 0) is 6.07 Å². The molecule has 0 radical (unpaired) electrons. The number of aromatic nitrogens is 1. The smallest absolute Gasteiger partial charge is 0.365 e. The van der Waals surface area contributed by atoms with E-state index in [1.807, 2.05) is 0 Å². The molecule has 1 heterocycles. The van der Waals surface area contributed by atoms with Gasteiger partial charge in [-0.15, -0.1) is 0 Å². The molecule has 0 aromatic carbocycles. The van der Waals surface area contributed by atoms with Gasteiger partial charge in [0.2, 0.25) is 0 Å². The number of nitrogens with zero attached hydrogens (tertiary/aromatic N) is 1. The van der Waals surface area contributed by atoms with Crippen molar-refractivity contribution in [1.29, 1.82) is 0 Å². The summed E-state index contributed by atoms with van der Waals surface area (Å²) in [7, 11) is -3.90. The minimum Gasteiger partial charge on any atom is -0.460 e. The molecule has 0 bridgehead atoms. The lowest BCUT2D eigenvalue weighted by Crippen LogP contribution is -2.34. The number of aromatic hydroxyl groups is 1. The third-order valence-corrected chi connectivity index (χ3v) is 2.52. The highest BCUT2D eigenvalue weighted by Gasteiger charge is 2.10. The number of rotatable bonds is 4. The summed E-state index contributed by atoms with van der Waals surface area (Å²) in [6.45, 7) is 0.354. The fourth-order valence-corrected chi connectivity index (χ4v) is 1.57. The Morgan fingerprint density at radius 2 is 2.07 bits per heavy atom. The van der Waals surface area contributed by atoms with E-state index in [4.69, 9.17) is 4.55 Å². The highest BCUT2D eigenvalue weighted by molar-refractivity contribution is 7.85. The van der Waals surface area contributed by atoms with Crippen LogP contribution in [0.3, 0.4) is 0 Å². The third-order valence-electron chi connectivity index (χ3n) is 1.72. The summed E-state index contributed by atoms with van der Waals surface area (Å²) >= 11 is 0. The van der Waals surface area contributed by atoms with Gasteiger partial charge in [-0.3, -0.25) is 4.55 Å². The van der Waals surface area contributed by atoms with Crippen LogP contribution in [-0.2, 0) is 16.7 Å². The molecule has 0 aliphatic rings. The first-order chi connectivity index (χ1) is 6.49. The molecule has 5 nitrogen and oxygen atoms in total. The van der Waals surface area contributed by atoms with Gasteiger partial charge in [0.15, 0.2) is 12.7 Å². The van der Waals surface area contributed by atoms with Gasteiger partial charge in [-0.25, -0.2) is 0 Å². The molecular weight excluding hydrogens is 206 g/mol. The lowest BCUT2D eigenvalue weighted by atomic mass is 10.4. The summed E-state index contributed by atoms with van der Waals surface area (Å²) in [5.74, 6) is -0.225. The Labute approximate surface area is 82.4 Å². The topological polar surface area (TPSA) is 78.5 Å². The molecule has 2 N–H and O–H groups in total. The van der Waals surface area contributed by atoms with E-state index in [1.165, 1.54) is 10.6 Å². The standard InChI is InChI=1S/C8H11NO4S/c10-8-4-1-2-5-9(8)6-3-7-14(11,12)13/h1-2,4-5H,3,6-7H2,(H,11,12,13)/p+1. The van der Waals surface area contributed by atoms with Gasteiger partial charge in [0, 0.05) is 12.5 Å². The molecule has 14 heavy (non-hydrogen) atoms. The van der Waals surface area contributed by atoms with E-state index in [0.29, 0.717) is 6.54 Å². The van der Waals surface area contributed by atoms with Crippen LogP contribution < -0.4 is 4.57 Å². The summed E-state index contributed by atoms with van der Waals surface area (Å²) < 4.78 is 30.8. The third kappa shape index (κ3) is 3.71. The van der Waals surface area contributed by atoms with E-state index in [0.717, 1.165) is 0 Å². The molecule has 0 aliphatic heterocycles. The first kappa shape index (κ1) is 10.9. The first-order valence-electron chi connectivity index (χ1n) is 4.11. The molecule has 6 heteroatoms. The Morgan fingerprint density at radius 3 is 2.64 bits per heavy atom. The van der Waals surface area contributed by atoms with Gasteiger partial charge >= 0.3 is 5.88 Å². The van der Waals surface area contributed by atoms with Crippen LogP contribution in [-0.4, -0.2) is 23.8 Å². The van der Waals surface area contributed by atoms with Gasteiger partial charge in [0.05, 0.1) is 11.8 Å². The van der Waals surface area contributed by atoms with Crippen molar-refractivity contribution in [2.75, 3.05) is 5.75 Å². The maximum absolute atomic E-state index is 10.4. The molecule has 0 aliphatic carbocycles. The van der Waals surface area contributed by atoms with E-state index in [2.05, 4.69) is 0 Å². The Bertz CT molecular complexity index is 402. The van der Waals surface area contributed by atoms with Gasteiger partial charge in [-0.1, -0.05) is 0 Å². The van der Waals surface area contributed by atoms with Crippen molar-refractivity contribution in [2.45, 2.75) is 13.0 Å². The number of pyridine rings is 1. The number of aryl methyl sites for hydroxylation is 1. The molecule has 0 atom stereocenters. The molecule has 1 aromatic rings. The van der Waals surface area contributed by atoms with Gasteiger partial charge < -0.3 is 5.11 Å². The second-order valence-electron chi connectivity index (χ2n) is 2.89. The number of hydrogen-bond donors (Lipinski definition) is 2. The monoisotopic (exact) mass is 218 g/mol. The van der Waals surface area contributed by atoms with Crippen LogP contribution in [0.4, 0.5) is 0 Å². The molecule has 0 saturated carbocycles. The normalized spacial score (nSPS) is 11.5. The Kier molecular flexibility index (Phi) is 3.43. The lowest BCUT2D eigenvalue weighted by Gasteiger charge is -1.97. The molecule has 0 unspecified atom stereocenters. The minimum absolute atomic E-state index is 0.0721. The molecular formula is C8H12NO4S+. The van der Waals surface area contributed by atoms with E-state index >= 15 is 0 Å². The quantitative estimate of drug-likeness (QED) is 0.549. The maximum Gasteiger partial charge on any atom is 0.365 e. The zero-order valence-corrected chi connectivity index (χ0v) is 8.31. The van der Waals surface area contributed by atoms with E-state index in [9.17, 15) is 13.5 Å². The largest absolute Gasteiger partial charge is 0.460 e. The van der Waals surface area contributed by atoms with Gasteiger partial charge in [0.1, 0.15) is 0 Å². The van der Waals surface area contributed by atoms with Crippen molar-refractivity contribution in [3.8, 4) is 5.88 Å². The summed E-state index contributed by atoms with van der Waals surface area (Å²) in [5, 5.41) is 9.29. The second-order valence-corrected chi connectivity index (χ2v) is 4.46. The van der Waals surface area contributed by atoms with Crippen molar-refractivity contribution >= 4 is 10.1 Å². The zero-order chi connectivity index (χ0) is 10.6. The highest BCUT2D eigenvalue weighted by atomic mass is 32.2. The van der Waals surface area contributed by atoms with Crippen LogP contribution in [0, 0.1) is 0 Å². The SMILES string of the molecule is O=S(=O)(O)CCC[n+]1ccccc1O. The lowest BCUT2D eigenvalue weighted by molar-refractivity contribution is -0.702. The highest BCUT2D eigenvalue weighted by Crippen LogP contribution is 1.98. The first-order valence-corrected chi connectivity index (χ1v) is 5.72. The van der Waals surface area contributed by atoms with Crippen molar-refractivity contribution in [3.63, 3.8) is 0 Å². The van der Waals surface area contributed by atoms with Gasteiger partial charge in [-0.2, -0.15) is 13.0 Å². The predicted octanol–water partition coefficient (Wildman–Crippen LogP) is -0.0424. The van der Waals surface area contributed by atoms with Crippen molar-refractivity contribution in [2.24, 2.45) is 0 Å². The fraction of sp³-hybridized carbons (Fsp3) is 0.375. The Balaban J connectivity index is 2.51. The molecule has 0 saturated heterocycles. The van der Waals surface area contributed by atoms with E-state index in [1.54, 1.807) is 18.3 Å². The van der Waals surface area contributed by atoms with Crippen molar-refractivity contribution < 1.29 is 22.6 Å². The Morgan fingerprint density at radius 1 is 1.36 bits per heavy atom. The van der Waals surface area contributed by atoms with Crippen LogP contribution >= 0.6 is 0 Å². The molecule has 1 aromatic heterocycles. The summed E-state index contributed by atoms with van der Waals surface area (Å²) in [5.41, 5.74) is 0. The van der Waals surface area contributed by atoms with Crippen molar-refractivity contribution in [3.05, 3.63) is 24.4 Å². The van der Waals surface area contributed by atoms with E-state index in [-0.39, 0.29) is 18.1 Å². The second kappa shape index (κ2) is 4.39. The maximum atomic E-state index is 10.4. The summed E-state index contributed by atoms with van der Waals surface area (Å²) in [4.78, 5) is 0. The van der Waals surface area contributed by atoms with Gasteiger partial charge in [0.25, 0.3) is 10.1 Å². The molecule has 0 spiro atoms. The predicted molar refractivity (Wildman–Crippen MR) is 49.3 cm³/mol. The van der Waals surface area contributed by atoms with Crippen LogP contribution in [0.25, 0.3) is 0 Å². The van der Waals surface area contributed by atoms with Crippen LogP contribution in [0.15, 0.2) is 24.4 Å². The average Bonchev–Trinajstić information content (AvgIpc) is 2.06. The fourth-order valence-electron chi connectivity index (χ4n) is 1.07. The average molecular weight is 218 g/mol. The van der Waals surface area contributed by atoms with Crippen LogP contribution in [0.5, 0.6) is 5.88 Å². The molecule has 78 valence electrons. The summed E-state index contributed by atoms with van der Waals surface area (Å²) in [6, 6.07) is 4.91. The molecule has 1 rings (SSSR count). The van der Waals surface area contributed by atoms with Crippen molar-refractivity contribution in [1.82, 2.24) is 0 Å². The van der Waals surface area contributed by atoms with E-state index < -0.39 is 10.1 Å². The summed E-state index contributed by atoms with van der Waals surface area (Å²) in [6.07, 6.45) is 1.90. The molecule has 0 fully saturated rings. The Hall–Kier alpha value is -1.14. The van der Waals surface area contributed by atoms with Crippen LogP contribution in [0.2, 0.25) is 0 Å². The number of hydrogen-bond acceptors (Lipinski definition) is 3. The zero-order valence-electron chi connectivity index (χ0n) is 7.50. The minimum atomic E-state index is -3.90.